The van der Waals surface area contributed by atoms with Gasteiger partial charge in [-0.2, -0.15) is 15.3 Å². The highest BCUT2D eigenvalue weighted by Gasteiger charge is 2.30. The van der Waals surface area contributed by atoms with E-state index in [2.05, 4.69) is 119 Å². The van der Waals surface area contributed by atoms with E-state index in [1.54, 1.807) is 45.3 Å². The van der Waals surface area contributed by atoms with Gasteiger partial charge in [-0.25, -0.2) is 28.5 Å². The molecule has 0 aromatic carbocycles. The highest BCUT2D eigenvalue weighted by Crippen LogP contribution is 2.26. The van der Waals surface area contributed by atoms with Crippen LogP contribution in [0.3, 0.4) is 0 Å². The Morgan fingerprint density at radius 3 is 1.97 bits per heavy atom. The molecule has 1 saturated heterocycles. The van der Waals surface area contributed by atoms with Crippen LogP contribution in [0.5, 0.6) is 0 Å². The lowest BCUT2D eigenvalue weighted by Gasteiger charge is -2.16. The second-order valence-electron chi connectivity index (χ2n) is 16.1. The first-order chi connectivity index (χ1) is 33.4. The van der Waals surface area contributed by atoms with Gasteiger partial charge in [0.15, 0.2) is 23.2 Å². The normalized spacial score (nSPS) is 13.9. The fourth-order valence-corrected chi connectivity index (χ4v) is 7.91. The molecule has 0 bridgehead atoms. The second-order valence-corrected chi connectivity index (χ2v) is 19.9. The number of nitrogens with zero attached hydrogens (tertiary/aromatic N) is 11. The smallest absolute Gasteiger partial charge is 0.306 e. The van der Waals surface area contributed by atoms with Crippen LogP contribution in [-0.2, 0) is 30.5 Å². The van der Waals surface area contributed by atoms with E-state index in [9.17, 15) is 24.0 Å². The van der Waals surface area contributed by atoms with Crippen LogP contribution in [0.4, 0.5) is 0 Å². The Hall–Kier alpha value is -4.81. The van der Waals surface area contributed by atoms with Gasteiger partial charge in [0.05, 0.1) is 68.7 Å². The molecule has 0 aliphatic carbocycles. The molecule has 0 spiro atoms. The summed E-state index contributed by atoms with van der Waals surface area (Å²) in [6, 6.07) is 1.94. The van der Waals surface area contributed by atoms with Crippen LogP contribution in [-0.4, -0.2) is 116 Å². The number of alkyl halides is 1. The number of aromatic nitrogens is 9. The van der Waals surface area contributed by atoms with Crippen molar-refractivity contribution in [2.24, 2.45) is 22.6 Å². The molecule has 0 saturated carbocycles. The summed E-state index contributed by atoms with van der Waals surface area (Å²) >= 11 is 12.7. The van der Waals surface area contributed by atoms with Crippen LogP contribution in [0.1, 0.15) is 99.2 Å². The first-order valence-electron chi connectivity index (χ1n) is 22.6. The Labute approximate surface area is 453 Å². The Kier molecular flexibility index (Phi) is 28.3. The third-order valence-electron chi connectivity index (χ3n) is 10.3. The maximum atomic E-state index is 12.2. The van der Waals surface area contributed by atoms with Crippen LogP contribution in [0, 0.1) is 32.6 Å². The number of aliphatic imine (C=N–C) groups is 1. The number of likely N-dealkylation sites (tertiary alicyclic amines) is 1. The van der Waals surface area contributed by atoms with E-state index in [4.69, 9.17) is 10.5 Å². The molecular weight excluding hydrogens is 1200 g/mol. The first kappa shape index (κ1) is 62.3. The largest absolute Gasteiger partial charge is 1.00 e. The summed E-state index contributed by atoms with van der Waals surface area (Å²) in [5.41, 5.74) is 17.6. The molecule has 0 radical (unpaired) electrons. The van der Waals surface area contributed by atoms with Crippen molar-refractivity contribution in [2.45, 2.75) is 98.4 Å². The maximum absolute atomic E-state index is 12.2. The van der Waals surface area contributed by atoms with E-state index in [1.807, 2.05) is 57.1 Å². The van der Waals surface area contributed by atoms with Crippen molar-refractivity contribution >= 4 is 117 Å². The number of hydrogen-bond acceptors (Lipinski definition) is 14. The van der Waals surface area contributed by atoms with Gasteiger partial charge in [-0.05, 0) is 107 Å². The fraction of sp³-hybridized carbons (Fsp3) is 0.447. The van der Waals surface area contributed by atoms with E-state index in [1.165, 1.54) is 0 Å². The number of ether oxygens (including phenoxy) is 1. The minimum atomic E-state index is -0.613. The summed E-state index contributed by atoms with van der Waals surface area (Å²) < 4.78 is 12.6. The molecule has 386 valence electrons. The van der Waals surface area contributed by atoms with Crippen molar-refractivity contribution < 1.29 is 46.9 Å². The lowest BCUT2D eigenvalue weighted by molar-refractivity contribution is -0.379. The standard InChI is InChI=1S/C15H19BrN4O.C9H19NO2.C8H6BrN3O.C7H6BrN3.C5H8N2.C3H3BrO2.ClH/c1-3-4-11-5-14(21)19(7-11)9-13-10(2)18-20-8-12(16)6-17-15(13)20;1-3-5-8(7-10)6-9(11)12-4-2;1-5-7(4-13)8-10-2-6(9)3-12(8)11-5;1-5-2-7-9-3-6(8)4-11(7)10-5;1-4-2-5(6)3-7-4;4-3(1-5)2-6;/h6,8,11H,3-5,7,9H2,1-2H3;8H,3-7,10H2,1-2H3;2-4H,1H3;2-4H,1H3;2H,3,6H2,1H3;1-3H;1H. The van der Waals surface area contributed by atoms with E-state index in [0.717, 1.165) is 98.1 Å². The van der Waals surface area contributed by atoms with Gasteiger partial charge in [-0.3, -0.25) is 19.4 Å². The minimum absolute atomic E-state index is 0. The number of rotatable bonds is 13. The summed E-state index contributed by atoms with van der Waals surface area (Å²) in [5.74, 6) is 1.09. The fourth-order valence-electron chi connectivity index (χ4n) is 7.02. The predicted molar refractivity (Wildman–Crippen MR) is 283 cm³/mol. The molecule has 8 heterocycles. The zero-order valence-electron chi connectivity index (χ0n) is 40.9. The molecule has 6 aromatic rings. The number of halogens is 5. The van der Waals surface area contributed by atoms with Gasteiger partial charge in [0, 0.05) is 79.1 Å². The van der Waals surface area contributed by atoms with Gasteiger partial charge < -0.3 is 43.1 Å². The summed E-state index contributed by atoms with van der Waals surface area (Å²) in [7, 11) is 0. The third-order valence-corrected chi connectivity index (χ3v) is 12.0. The zero-order valence-corrected chi connectivity index (χ0v) is 48.0. The Balaban J connectivity index is 0.000000306. The van der Waals surface area contributed by atoms with E-state index in [0.29, 0.717) is 73.9 Å². The van der Waals surface area contributed by atoms with Crippen molar-refractivity contribution in [1.29, 1.82) is 0 Å². The molecule has 24 heteroatoms. The Bertz CT molecular complexity index is 2740. The number of quaternary nitrogens is 1. The molecular formula is C47H62Br4ClN13O6. The molecule has 71 heavy (non-hydrogen) atoms. The summed E-state index contributed by atoms with van der Waals surface area (Å²) in [6.45, 7) is 17.3. The molecule has 19 nitrogen and oxygen atoms in total. The second kappa shape index (κ2) is 32.3. The summed E-state index contributed by atoms with van der Waals surface area (Å²) in [4.78, 5) is 70.8. The number of carbonyl (C=O) groups excluding carboxylic acids is 5. The number of amides is 1. The molecule has 6 aromatic heterocycles. The van der Waals surface area contributed by atoms with Gasteiger partial charge in [-0.1, -0.05) is 42.6 Å². The number of fused-ring (bicyclic) bond motifs is 3. The summed E-state index contributed by atoms with van der Waals surface area (Å²) in [5, 5.41) is 12.8. The van der Waals surface area contributed by atoms with Crippen molar-refractivity contribution in [3.63, 3.8) is 0 Å². The molecule has 1 amide bonds. The number of esters is 1. The van der Waals surface area contributed by atoms with Crippen molar-refractivity contribution in [3.05, 3.63) is 96.6 Å². The minimum Gasteiger partial charge on any atom is -1.00 e. The van der Waals surface area contributed by atoms with E-state index >= 15 is 0 Å². The molecule has 8 rings (SSSR count). The number of aldehydes is 3. The highest BCUT2D eigenvalue weighted by molar-refractivity contribution is 9.11. The van der Waals surface area contributed by atoms with Crippen LogP contribution in [0.25, 0.3) is 16.9 Å². The molecule has 2 aliphatic heterocycles. The quantitative estimate of drug-likeness (QED) is 0.0704. The molecule has 2 aliphatic rings. The molecule has 5 N–H and O–H groups in total. The Morgan fingerprint density at radius 1 is 0.873 bits per heavy atom. The van der Waals surface area contributed by atoms with Crippen LogP contribution >= 0.6 is 63.7 Å². The zero-order chi connectivity index (χ0) is 51.9. The number of hydrogen-bond donors (Lipinski definition) is 2. The SMILES string of the molecule is CC1=NCC(N)=C1.CCCC(C[NH3+])CC(=O)OCC.CCCC1CC(=O)N(Cc2c(C)nn3cc(Br)cnc23)C1.Cc1cc2ncc(Br)cn2n1.Cc1nn2cc(Br)cnc2c1C=O.O=CC(Br)C=O.[Cl-]. The van der Waals surface area contributed by atoms with Gasteiger partial charge in [0.2, 0.25) is 5.91 Å². The molecule has 1 fully saturated rings. The lowest BCUT2D eigenvalue weighted by Crippen LogP contribution is -3.00. The van der Waals surface area contributed by atoms with Gasteiger partial charge in [0.25, 0.3) is 0 Å². The van der Waals surface area contributed by atoms with Gasteiger partial charge >= 0.3 is 5.97 Å². The first-order valence-corrected chi connectivity index (χ1v) is 25.9. The van der Waals surface area contributed by atoms with Crippen LogP contribution in [0.2, 0.25) is 0 Å². The van der Waals surface area contributed by atoms with Gasteiger partial charge in [0.1, 0.15) is 17.4 Å². The van der Waals surface area contributed by atoms with Crippen LogP contribution < -0.4 is 23.9 Å². The number of nitrogens with two attached hydrogens (primary N) is 1. The highest BCUT2D eigenvalue weighted by atomic mass is 79.9. The predicted octanol–water partition coefficient (Wildman–Crippen LogP) is 4.41. The van der Waals surface area contributed by atoms with E-state index < -0.39 is 4.83 Å². The van der Waals surface area contributed by atoms with Gasteiger partial charge in [-0.15, -0.1) is 0 Å². The van der Waals surface area contributed by atoms with Crippen molar-refractivity contribution in [3.8, 4) is 0 Å². The molecule has 2 unspecified atom stereocenters. The van der Waals surface area contributed by atoms with Crippen LogP contribution in [0.15, 0.2) is 73.4 Å². The Morgan fingerprint density at radius 2 is 1.46 bits per heavy atom. The topological polar surface area (TPSA) is 254 Å². The lowest BCUT2D eigenvalue weighted by atomic mass is 10.0. The average Bonchev–Trinajstić information content (AvgIpc) is 4.13. The van der Waals surface area contributed by atoms with E-state index in [-0.39, 0.29) is 24.3 Å². The molecule has 2 atom stereocenters. The average molecular weight is 1260 g/mol. The number of carbonyl (C=O) groups is 5. The van der Waals surface area contributed by atoms with Crippen molar-refractivity contribution in [1.82, 2.24) is 48.7 Å². The summed E-state index contributed by atoms with van der Waals surface area (Å²) in [6.07, 6.45) is 20.1. The third kappa shape index (κ3) is 20.7. The maximum Gasteiger partial charge on any atom is 0.306 e. The number of aryl methyl sites for hydroxylation is 3. The monoisotopic (exact) mass is 1260 g/mol. The van der Waals surface area contributed by atoms with Crippen molar-refractivity contribution in [2.75, 3.05) is 26.2 Å². The number of allylic oxidation sites excluding steroid dienone is 1.